The second-order valence-electron chi connectivity index (χ2n) is 4.41. The van der Waals surface area contributed by atoms with E-state index < -0.39 is 5.91 Å². The largest absolute Gasteiger partial charge is 0.322 e. The van der Waals surface area contributed by atoms with E-state index in [2.05, 4.69) is 15.3 Å². The maximum Gasteiger partial charge on any atom is 0.257 e. The molecule has 1 amide bonds. The number of H-pyrrole nitrogens is 1. The lowest BCUT2D eigenvalue weighted by Gasteiger charge is -2.07. The van der Waals surface area contributed by atoms with Crippen molar-refractivity contribution in [3.05, 3.63) is 69.6 Å². The van der Waals surface area contributed by atoms with Crippen LogP contribution in [0.1, 0.15) is 10.4 Å². The summed E-state index contributed by atoms with van der Waals surface area (Å²) in [6.45, 7) is 0. The van der Waals surface area contributed by atoms with Gasteiger partial charge in [-0.25, -0.2) is 4.98 Å². The third-order valence-corrected chi connectivity index (χ3v) is 3.19. The Kier molecular flexibility index (Phi) is 3.41. The molecule has 0 saturated carbocycles. The molecule has 3 aromatic rings. The topological polar surface area (TPSA) is 74.8 Å². The molecule has 0 aliphatic carbocycles. The molecule has 0 aliphatic rings. The fraction of sp³-hybridized carbons (Fsp3) is 0. The van der Waals surface area contributed by atoms with Crippen LogP contribution in [0.5, 0.6) is 0 Å². The molecule has 0 fully saturated rings. The maximum atomic E-state index is 12.3. The number of aromatic amines is 1. The molecule has 2 aromatic heterocycles. The van der Waals surface area contributed by atoms with E-state index in [1.807, 2.05) is 0 Å². The number of pyridine rings is 2. The van der Waals surface area contributed by atoms with Gasteiger partial charge in [-0.2, -0.15) is 0 Å². The Morgan fingerprint density at radius 3 is 2.81 bits per heavy atom. The average molecular weight is 300 g/mol. The number of nitrogens with one attached hydrogen (secondary N) is 2. The van der Waals surface area contributed by atoms with Crippen molar-refractivity contribution < 1.29 is 4.79 Å². The first kappa shape index (κ1) is 13.3. The number of anilines is 1. The number of para-hydroxylation sites is 1. The van der Waals surface area contributed by atoms with Crippen molar-refractivity contribution >= 4 is 34.2 Å². The van der Waals surface area contributed by atoms with Gasteiger partial charge in [-0.15, -0.1) is 0 Å². The Hall–Kier alpha value is -2.66. The number of amides is 1. The highest BCUT2D eigenvalue weighted by atomic mass is 35.5. The number of rotatable bonds is 2. The molecule has 0 bridgehead atoms. The number of carbonyl (C=O) groups excluding carboxylic acids is 1. The van der Waals surface area contributed by atoms with E-state index in [0.717, 1.165) is 0 Å². The molecule has 5 nitrogen and oxygen atoms in total. The lowest BCUT2D eigenvalue weighted by molar-refractivity contribution is 0.102. The van der Waals surface area contributed by atoms with Crippen LogP contribution in [0.2, 0.25) is 5.02 Å². The first-order chi connectivity index (χ1) is 10.1. The van der Waals surface area contributed by atoms with Crippen LogP contribution in [-0.4, -0.2) is 15.9 Å². The van der Waals surface area contributed by atoms with Gasteiger partial charge in [0.05, 0.1) is 5.56 Å². The number of carbonyl (C=O) groups is 1. The Morgan fingerprint density at radius 1 is 1.19 bits per heavy atom. The molecule has 3 rings (SSSR count). The van der Waals surface area contributed by atoms with Crippen molar-refractivity contribution in [2.45, 2.75) is 0 Å². The summed E-state index contributed by atoms with van der Waals surface area (Å²) in [4.78, 5) is 30.7. The number of fused-ring (bicyclic) bond motifs is 1. The molecule has 104 valence electrons. The van der Waals surface area contributed by atoms with Gasteiger partial charge in [0.15, 0.2) is 0 Å². The van der Waals surface area contributed by atoms with Gasteiger partial charge in [-0.1, -0.05) is 29.8 Å². The lowest BCUT2D eigenvalue weighted by Crippen LogP contribution is -2.17. The summed E-state index contributed by atoms with van der Waals surface area (Å²) in [5, 5.41) is 3.76. The van der Waals surface area contributed by atoms with E-state index in [1.165, 1.54) is 18.3 Å². The summed E-state index contributed by atoms with van der Waals surface area (Å²) < 4.78 is 0. The maximum absolute atomic E-state index is 12.3. The van der Waals surface area contributed by atoms with Crippen LogP contribution in [0.25, 0.3) is 10.9 Å². The highest BCUT2D eigenvalue weighted by Crippen LogP contribution is 2.17. The van der Waals surface area contributed by atoms with Crippen LogP contribution in [0.4, 0.5) is 5.82 Å². The zero-order chi connectivity index (χ0) is 14.8. The summed E-state index contributed by atoms with van der Waals surface area (Å²) in [5.41, 5.74) is 0.559. The minimum absolute atomic E-state index is 0.288. The Morgan fingerprint density at radius 2 is 2.00 bits per heavy atom. The molecule has 0 unspecified atom stereocenters. The molecular weight excluding hydrogens is 290 g/mol. The van der Waals surface area contributed by atoms with E-state index in [4.69, 9.17) is 11.6 Å². The van der Waals surface area contributed by atoms with Crippen molar-refractivity contribution in [2.24, 2.45) is 0 Å². The molecule has 0 aliphatic heterocycles. The summed E-state index contributed by atoms with van der Waals surface area (Å²) in [6, 6.07) is 11.5. The fourth-order valence-electron chi connectivity index (χ4n) is 2.05. The van der Waals surface area contributed by atoms with Crippen molar-refractivity contribution in [1.82, 2.24) is 9.97 Å². The van der Waals surface area contributed by atoms with Gasteiger partial charge in [0.1, 0.15) is 5.82 Å². The number of aromatic nitrogens is 2. The molecule has 2 heterocycles. The zero-order valence-corrected chi connectivity index (χ0v) is 11.5. The van der Waals surface area contributed by atoms with Crippen LogP contribution in [0.15, 0.2) is 53.5 Å². The highest BCUT2D eigenvalue weighted by molar-refractivity contribution is 6.30. The van der Waals surface area contributed by atoms with Gasteiger partial charge >= 0.3 is 0 Å². The predicted octanol–water partition coefficient (Wildman–Crippen LogP) is 2.83. The van der Waals surface area contributed by atoms with E-state index >= 15 is 0 Å². The summed E-state index contributed by atoms with van der Waals surface area (Å²) in [6.07, 6.45) is 1.49. The molecule has 2 N–H and O–H groups in total. The molecule has 6 heteroatoms. The Bertz CT molecular complexity index is 889. The number of nitrogens with zero attached hydrogens (tertiary/aromatic N) is 1. The third kappa shape index (κ3) is 2.78. The summed E-state index contributed by atoms with van der Waals surface area (Å²) >= 11 is 5.85. The summed E-state index contributed by atoms with van der Waals surface area (Å²) in [7, 11) is 0. The van der Waals surface area contributed by atoms with Crippen LogP contribution >= 0.6 is 11.6 Å². The lowest BCUT2D eigenvalue weighted by atomic mass is 10.1. The Labute approximate surface area is 124 Å². The summed E-state index contributed by atoms with van der Waals surface area (Å²) in [5.74, 6) is -0.0797. The monoisotopic (exact) mass is 299 g/mol. The SMILES string of the molecule is O=C(Nc1cc(Cl)ccn1)c1cc(=O)[nH]c2ccccc12. The minimum Gasteiger partial charge on any atom is -0.322 e. The van der Waals surface area contributed by atoms with Crippen molar-refractivity contribution in [1.29, 1.82) is 0 Å². The van der Waals surface area contributed by atoms with Crippen LogP contribution < -0.4 is 10.9 Å². The van der Waals surface area contributed by atoms with Gasteiger partial charge in [0.25, 0.3) is 5.91 Å². The first-order valence-corrected chi connectivity index (χ1v) is 6.56. The number of hydrogen-bond donors (Lipinski definition) is 2. The number of hydrogen-bond acceptors (Lipinski definition) is 3. The van der Waals surface area contributed by atoms with Crippen LogP contribution in [0.3, 0.4) is 0 Å². The van der Waals surface area contributed by atoms with E-state index in [0.29, 0.717) is 21.7 Å². The molecule has 21 heavy (non-hydrogen) atoms. The van der Waals surface area contributed by atoms with Gasteiger partial charge in [0, 0.05) is 28.2 Å². The standard InChI is InChI=1S/C15H10ClN3O2/c16-9-5-6-17-13(7-9)19-15(21)11-8-14(20)18-12-4-2-1-3-10(11)12/h1-8H,(H,18,20)(H,17,19,21). The van der Waals surface area contributed by atoms with Crippen molar-refractivity contribution in [3.63, 3.8) is 0 Å². The molecule has 0 spiro atoms. The van der Waals surface area contributed by atoms with E-state index in [1.54, 1.807) is 30.3 Å². The van der Waals surface area contributed by atoms with E-state index in [-0.39, 0.29) is 11.1 Å². The molecule has 0 saturated heterocycles. The predicted molar refractivity (Wildman–Crippen MR) is 81.8 cm³/mol. The average Bonchev–Trinajstić information content (AvgIpc) is 2.46. The van der Waals surface area contributed by atoms with Gasteiger partial charge in [-0.3, -0.25) is 9.59 Å². The van der Waals surface area contributed by atoms with Crippen LogP contribution in [-0.2, 0) is 0 Å². The molecule has 0 atom stereocenters. The van der Waals surface area contributed by atoms with E-state index in [9.17, 15) is 9.59 Å². The number of halogens is 1. The second-order valence-corrected chi connectivity index (χ2v) is 4.84. The zero-order valence-electron chi connectivity index (χ0n) is 10.8. The molecular formula is C15H10ClN3O2. The minimum atomic E-state index is -0.410. The van der Waals surface area contributed by atoms with Gasteiger partial charge in [0.2, 0.25) is 5.56 Å². The quantitative estimate of drug-likeness (QED) is 0.764. The number of benzene rings is 1. The fourth-order valence-corrected chi connectivity index (χ4v) is 2.21. The van der Waals surface area contributed by atoms with Crippen molar-refractivity contribution in [3.8, 4) is 0 Å². The smallest absolute Gasteiger partial charge is 0.257 e. The first-order valence-electron chi connectivity index (χ1n) is 6.18. The third-order valence-electron chi connectivity index (χ3n) is 2.96. The molecule has 0 radical (unpaired) electrons. The van der Waals surface area contributed by atoms with Crippen LogP contribution in [0, 0.1) is 0 Å². The molecule has 1 aromatic carbocycles. The van der Waals surface area contributed by atoms with Crippen molar-refractivity contribution in [2.75, 3.05) is 5.32 Å². The Balaban J connectivity index is 2.04. The normalized spacial score (nSPS) is 10.5. The highest BCUT2D eigenvalue weighted by Gasteiger charge is 2.12. The second kappa shape index (κ2) is 5.38. The van der Waals surface area contributed by atoms with Gasteiger partial charge in [-0.05, 0) is 18.2 Å². The van der Waals surface area contributed by atoms with Gasteiger partial charge < -0.3 is 10.3 Å².